The van der Waals surface area contributed by atoms with E-state index in [0.717, 1.165) is 11.1 Å². The smallest absolute Gasteiger partial charge is 0.0249 e. The molecule has 0 nitrogen and oxygen atoms in total. The minimum atomic E-state index is 0.928. The molecule has 0 spiro atoms. The van der Waals surface area contributed by atoms with Crippen LogP contribution < -0.4 is 0 Å². The number of hydrogen-bond donors (Lipinski definition) is 0. The number of rotatable bonds is 2. The summed E-state index contributed by atoms with van der Waals surface area (Å²) < 4.78 is 0. The molecule has 0 radical (unpaired) electrons. The van der Waals surface area contributed by atoms with Crippen molar-refractivity contribution in [3.05, 3.63) is 72.4 Å². The van der Waals surface area contributed by atoms with E-state index in [-0.39, 0.29) is 0 Å². The molecule has 15 heavy (non-hydrogen) atoms. The summed E-state index contributed by atoms with van der Waals surface area (Å²) >= 11 is 0. The van der Waals surface area contributed by atoms with Crippen molar-refractivity contribution < 1.29 is 0 Å². The minimum absolute atomic E-state index is 0.928. The van der Waals surface area contributed by atoms with Gasteiger partial charge in [-0.2, -0.15) is 0 Å². The highest BCUT2D eigenvalue weighted by Crippen LogP contribution is 1.98. The first-order chi connectivity index (χ1) is 7.36. The molecule has 0 saturated heterocycles. The van der Waals surface area contributed by atoms with Gasteiger partial charge in [0.1, 0.15) is 0 Å². The quantitative estimate of drug-likeness (QED) is 0.497. The van der Waals surface area contributed by atoms with Crippen LogP contribution in [-0.2, 0) is 0 Å². The van der Waals surface area contributed by atoms with Crippen LogP contribution in [0.15, 0.2) is 66.8 Å². The molecule has 1 aromatic carbocycles. The van der Waals surface area contributed by atoms with Gasteiger partial charge < -0.3 is 0 Å². The molecule has 0 heteroatoms. The Morgan fingerprint density at radius 3 is 2.60 bits per heavy atom. The van der Waals surface area contributed by atoms with Gasteiger partial charge >= 0.3 is 0 Å². The first-order valence-corrected chi connectivity index (χ1v) is 4.89. The van der Waals surface area contributed by atoms with Crippen molar-refractivity contribution in [3.8, 4) is 11.8 Å². The van der Waals surface area contributed by atoms with Crippen molar-refractivity contribution in [1.82, 2.24) is 0 Å². The molecule has 0 aliphatic carbocycles. The highest BCUT2D eigenvalue weighted by Gasteiger charge is 1.83. The second-order valence-electron chi connectivity index (χ2n) is 2.97. The maximum Gasteiger partial charge on any atom is 0.0249 e. The van der Waals surface area contributed by atoms with Crippen molar-refractivity contribution >= 4 is 0 Å². The average Bonchev–Trinajstić information content (AvgIpc) is 2.31. The van der Waals surface area contributed by atoms with E-state index in [4.69, 9.17) is 0 Å². The van der Waals surface area contributed by atoms with Gasteiger partial charge in [-0.1, -0.05) is 54.8 Å². The molecule has 0 amide bonds. The molecule has 0 fully saturated rings. The van der Waals surface area contributed by atoms with Crippen LogP contribution in [0.4, 0.5) is 0 Å². The Bertz CT molecular complexity index is 422. The van der Waals surface area contributed by atoms with Crippen LogP contribution in [0.1, 0.15) is 12.5 Å². The fraction of sp³-hybridized carbons (Fsp3) is 0.0667. The van der Waals surface area contributed by atoms with Gasteiger partial charge in [0.2, 0.25) is 0 Å². The summed E-state index contributed by atoms with van der Waals surface area (Å²) in [5.41, 5.74) is 1.95. The normalized spacial score (nSPS) is 10.9. The number of hydrogen-bond acceptors (Lipinski definition) is 0. The zero-order chi connectivity index (χ0) is 10.9. The molecule has 0 heterocycles. The first kappa shape index (κ1) is 11.1. The topological polar surface area (TPSA) is 0 Å². The minimum Gasteiger partial charge on any atom is -0.0978 e. The Balaban J connectivity index is 2.84. The lowest BCUT2D eigenvalue weighted by molar-refractivity contribution is 1.64. The third-order valence-corrected chi connectivity index (χ3v) is 1.81. The summed E-state index contributed by atoms with van der Waals surface area (Å²) in [5, 5.41) is 0. The van der Waals surface area contributed by atoms with Crippen LogP contribution in [0.3, 0.4) is 0 Å². The third-order valence-electron chi connectivity index (χ3n) is 1.81. The van der Waals surface area contributed by atoms with Gasteiger partial charge in [-0.15, -0.1) is 0 Å². The molecule has 0 aliphatic heterocycles. The highest BCUT2D eigenvalue weighted by molar-refractivity contribution is 5.45. The molecule has 0 saturated carbocycles. The lowest BCUT2D eigenvalue weighted by Crippen LogP contribution is -1.73. The van der Waals surface area contributed by atoms with Gasteiger partial charge in [0.25, 0.3) is 0 Å². The summed E-state index contributed by atoms with van der Waals surface area (Å²) in [6.07, 6.45) is 7.63. The predicted molar refractivity (Wildman–Crippen MR) is 66.4 cm³/mol. The monoisotopic (exact) mass is 194 g/mol. The lowest BCUT2D eigenvalue weighted by Gasteiger charge is -1.88. The zero-order valence-corrected chi connectivity index (χ0v) is 8.90. The summed E-state index contributed by atoms with van der Waals surface area (Å²) in [6, 6.07) is 9.92. The summed E-state index contributed by atoms with van der Waals surface area (Å²) in [7, 11) is 0. The predicted octanol–water partition coefficient (Wildman–Crippen LogP) is 3.73. The fourth-order valence-corrected chi connectivity index (χ4v) is 1.03. The largest absolute Gasteiger partial charge is 0.0978 e. The van der Waals surface area contributed by atoms with Crippen molar-refractivity contribution in [1.29, 1.82) is 0 Å². The van der Waals surface area contributed by atoms with E-state index in [1.165, 1.54) is 0 Å². The molecule has 0 unspecified atom stereocenters. The van der Waals surface area contributed by atoms with Crippen molar-refractivity contribution in [2.45, 2.75) is 6.92 Å². The van der Waals surface area contributed by atoms with Gasteiger partial charge in [-0.25, -0.2) is 0 Å². The Labute approximate surface area is 91.6 Å². The average molecular weight is 194 g/mol. The van der Waals surface area contributed by atoms with Gasteiger partial charge in [0, 0.05) is 11.1 Å². The molecular weight excluding hydrogens is 180 g/mol. The van der Waals surface area contributed by atoms with Crippen molar-refractivity contribution in [2.75, 3.05) is 0 Å². The summed E-state index contributed by atoms with van der Waals surface area (Å²) in [5.74, 6) is 6.14. The van der Waals surface area contributed by atoms with Crippen molar-refractivity contribution in [2.24, 2.45) is 0 Å². The third kappa shape index (κ3) is 4.15. The van der Waals surface area contributed by atoms with Crippen LogP contribution in [0.25, 0.3) is 0 Å². The summed E-state index contributed by atoms with van der Waals surface area (Å²) in [6.45, 7) is 5.70. The van der Waals surface area contributed by atoms with Gasteiger partial charge in [-0.3, -0.25) is 0 Å². The van der Waals surface area contributed by atoms with Gasteiger partial charge in [0.05, 0.1) is 0 Å². The van der Waals surface area contributed by atoms with E-state index in [2.05, 4.69) is 18.4 Å². The maximum absolute atomic E-state index is 3.72. The Hall–Kier alpha value is -2.00. The van der Waals surface area contributed by atoms with E-state index < -0.39 is 0 Å². The second-order valence-corrected chi connectivity index (χ2v) is 2.97. The Kier molecular flexibility index (Phi) is 4.77. The maximum atomic E-state index is 3.72. The Morgan fingerprint density at radius 1 is 1.27 bits per heavy atom. The van der Waals surface area contributed by atoms with E-state index >= 15 is 0 Å². The molecule has 0 atom stereocenters. The van der Waals surface area contributed by atoms with Crippen LogP contribution >= 0.6 is 0 Å². The standard InChI is InChI=1S/C15H14/c1-3-5-9-14(4-2)12-13-15-10-7-6-8-11-15/h3-11H,2H2,1H3/b5-3-,14-9+. The molecule has 1 aromatic rings. The molecular formula is C15H14. The second kappa shape index (κ2) is 6.45. The molecule has 0 aliphatic rings. The summed E-state index contributed by atoms with van der Waals surface area (Å²) in [4.78, 5) is 0. The zero-order valence-electron chi connectivity index (χ0n) is 8.90. The van der Waals surface area contributed by atoms with E-state index in [9.17, 15) is 0 Å². The molecule has 0 bridgehead atoms. The van der Waals surface area contributed by atoms with Crippen LogP contribution in [-0.4, -0.2) is 0 Å². The first-order valence-electron chi connectivity index (χ1n) is 4.89. The number of allylic oxidation sites excluding steroid dienone is 5. The molecule has 0 N–H and O–H groups in total. The molecule has 74 valence electrons. The van der Waals surface area contributed by atoms with Crippen LogP contribution in [0, 0.1) is 11.8 Å². The SMILES string of the molecule is C=C/C(C#Cc1ccccc1)=C\C=C/C. The van der Waals surface area contributed by atoms with Gasteiger partial charge in [0.15, 0.2) is 0 Å². The van der Waals surface area contributed by atoms with E-state index in [1.54, 1.807) is 6.08 Å². The highest BCUT2D eigenvalue weighted by atomic mass is 13.9. The van der Waals surface area contributed by atoms with Crippen LogP contribution in [0.2, 0.25) is 0 Å². The van der Waals surface area contributed by atoms with Gasteiger partial charge in [-0.05, 0) is 25.1 Å². The lowest BCUT2D eigenvalue weighted by atomic mass is 10.2. The molecule has 0 aromatic heterocycles. The molecule has 1 rings (SSSR count). The number of benzene rings is 1. The van der Waals surface area contributed by atoms with Crippen LogP contribution in [0.5, 0.6) is 0 Å². The van der Waals surface area contributed by atoms with E-state index in [0.29, 0.717) is 0 Å². The Morgan fingerprint density at radius 2 is 2.00 bits per heavy atom. The van der Waals surface area contributed by atoms with E-state index in [1.807, 2.05) is 55.5 Å². The van der Waals surface area contributed by atoms with Crippen molar-refractivity contribution in [3.63, 3.8) is 0 Å². The fourth-order valence-electron chi connectivity index (χ4n) is 1.03.